The molecule has 0 amide bonds. The van der Waals surface area contributed by atoms with Crippen LogP contribution in [0.25, 0.3) is 0 Å². The molecule has 1 atom stereocenters. The Morgan fingerprint density at radius 3 is 2.11 bits per heavy atom. The van der Waals surface area contributed by atoms with Crippen molar-refractivity contribution in [2.75, 3.05) is 13.3 Å². The fraction of sp³-hybridized carbons (Fsp3) is 0.818. The Morgan fingerprint density at radius 1 is 1.21 bits per heavy atom. The summed E-state index contributed by atoms with van der Waals surface area (Å²) in [6.07, 6.45) is -7.40. The van der Waals surface area contributed by atoms with Gasteiger partial charge in [0.05, 0.1) is 5.41 Å². The Morgan fingerprint density at radius 2 is 1.74 bits per heavy atom. The monoisotopic (exact) mass is 288 g/mol. The van der Waals surface area contributed by atoms with Crippen LogP contribution >= 0.6 is 0 Å². The summed E-state index contributed by atoms with van der Waals surface area (Å²) in [4.78, 5) is 22.4. The lowest BCUT2D eigenvalue weighted by Crippen LogP contribution is -2.37. The van der Waals surface area contributed by atoms with Gasteiger partial charge in [-0.3, -0.25) is 4.79 Å². The summed E-state index contributed by atoms with van der Waals surface area (Å²) in [6.45, 7) is 1.96. The average Bonchev–Trinajstić information content (AvgIpc) is 2.31. The zero-order valence-corrected chi connectivity index (χ0v) is 10.8. The van der Waals surface area contributed by atoms with E-state index in [0.29, 0.717) is 6.42 Å². The minimum absolute atomic E-state index is 0.427. The van der Waals surface area contributed by atoms with Crippen LogP contribution in [0.15, 0.2) is 0 Å². The lowest BCUT2D eigenvalue weighted by Gasteiger charge is -2.21. The van der Waals surface area contributed by atoms with Gasteiger partial charge in [-0.05, 0) is 20.3 Å². The summed E-state index contributed by atoms with van der Waals surface area (Å²) in [5, 5.41) is 0. The fourth-order valence-corrected chi connectivity index (χ4v) is 0.843. The highest BCUT2D eigenvalue weighted by Crippen LogP contribution is 2.24. The predicted molar refractivity (Wildman–Crippen MR) is 56.9 cm³/mol. The number of halogens is 4. The predicted octanol–water partition coefficient (Wildman–Crippen LogP) is 2.41. The van der Waals surface area contributed by atoms with Crippen LogP contribution in [-0.4, -0.2) is 37.5 Å². The van der Waals surface area contributed by atoms with Crippen LogP contribution in [0.3, 0.4) is 0 Å². The second-order valence-corrected chi connectivity index (χ2v) is 4.49. The van der Waals surface area contributed by atoms with Gasteiger partial charge >= 0.3 is 18.1 Å². The Kier molecular flexibility index (Phi) is 6.24. The first kappa shape index (κ1) is 17.7. The molecule has 0 saturated heterocycles. The van der Waals surface area contributed by atoms with Crippen molar-refractivity contribution in [3.05, 3.63) is 0 Å². The summed E-state index contributed by atoms with van der Waals surface area (Å²) in [6, 6.07) is 0. The lowest BCUT2D eigenvalue weighted by atomic mass is 9.91. The molecule has 0 heterocycles. The van der Waals surface area contributed by atoms with E-state index in [1.165, 1.54) is 0 Å². The molecule has 0 aliphatic heterocycles. The van der Waals surface area contributed by atoms with Gasteiger partial charge in [-0.2, -0.15) is 13.2 Å². The van der Waals surface area contributed by atoms with E-state index in [4.69, 9.17) is 0 Å². The van der Waals surface area contributed by atoms with Crippen molar-refractivity contribution in [1.29, 1.82) is 0 Å². The molecule has 0 fully saturated rings. The molecule has 19 heavy (non-hydrogen) atoms. The second-order valence-electron chi connectivity index (χ2n) is 4.49. The SMILES string of the molecule is CCC(C)(C)C(=O)OCC(=O)OC(CF)C(F)(F)F. The molecule has 0 N–H and O–H groups in total. The van der Waals surface area contributed by atoms with E-state index >= 15 is 0 Å². The van der Waals surface area contributed by atoms with Crippen LogP contribution in [-0.2, 0) is 19.1 Å². The van der Waals surface area contributed by atoms with Crippen molar-refractivity contribution < 1.29 is 36.6 Å². The number of rotatable bonds is 6. The highest BCUT2D eigenvalue weighted by atomic mass is 19.4. The Labute approximate surface area is 108 Å². The Hall–Kier alpha value is -1.34. The molecule has 0 aromatic heterocycles. The summed E-state index contributed by atoms with van der Waals surface area (Å²) in [7, 11) is 0. The lowest BCUT2D eigenvalue weighted by molar-refractivity contribution is -0.226. The highest BCUT2D eigenvalue weighted by molar-refractivity contribution is 5.79. The largest absolute Gasteiger partial charge is 0.453 e. The molecule has 0 aromatic carbocycles. The van der Waals surface area contributed by atoms with Crippen LogP contribution in [0, 0.1) is 5.41 Å². The van der Waals surface area contributed by atoms with Gasteiger partial charge in [0.1, 0.15) is 6.67 Å². The van der Waals surface area contributed by atoms with Crippen molar-refractivity contribution >= 4 is 11.9 Å². The normalized spacial score (nSPS) is 13.8. The number of hydrogen-bond acceptors (Lipinski definition) is 4. The number of ether oxygens (including phenoxy) is 2. The van der Waals surface area contributed by atoms with Gasteiger partial charge < -0.3 is 9.47 Å². The highest BCUT2D eigenvalue weighted by Gasteiger charge is 2.43. The third-order valence-corrected chi connectivity index (χ3v) is 2.54. The molecule has 0 radical (unpaired) electrons. The molecule has 112 valence electrons. The molecule has 0 saturated carbocycles. The average molecular weight is 288 g/mol. The minimum Gasteiger partial charge on any atom is -0.453 e. The van der Waals surface area contributed by atoms with E-state index in [-0.39, 0.29) is 0 Å². The molecule has 0 aromatic rings. The van der Waals surface area contributed by atoms with Gasteiger partial charge in [0.2, 0.25) is 6.10 Å². The first-order valence-corrected chi connectivity index (χ1v) is 5.54. The van der Waals surface area contributed by atoms with Crippen LogP contribution < -0.4 is 0 Å². The molecule has 4 nitrogen and oxygen atoms in total. The van der Waals surface area contributed by atoms with Crippen LogP contribution in [0.2, 0.25) is 0 Å². The van der Waals surface area contributed by atoms with Crippen molar-refractivity contribution in [1.82, 2.24) is 0 Å². The standard InChI is InChI=1S/C11H16F4O4/c1-4-10(2,3)9(17)18-6-8(16)19-7(5-12)11(13,14)15/h7H,4-6H2,1-3H3. The number of carbonyl (C=O) groups is 2. The third kappa shape index (κ3) is 5.89. The summed E-state index contributed by atoms with van der Waals surface area (Å²) < 4.78 is 56.7. The molecule has 8 heteroatoms. The summed E-state index contributed by atoms with van der Waals surface area (Å²) in [5.41, 5.74) is -0.857. The molecule has 0 bridgehead atoms. The number of alkyl halides is 4. The molecular weight excluding hydrogens is 272 g/mol. The van der Waals surface area contributed by atoms with Gasteiger partial charge in [-0.1, -0.05) is 6.92 Å². The minimum atomic E-state index is -4.99. The molecule has 1 unspecified atom stereocenters. The quantitative estimate of drug-likeness (QED) is 0.556. The van der Waals surface area contributed by atoms with Gasteiger partial charge in [0, 0.05) is 0 Å². The van der Waals surface area contributed by atoms with E-state index in [1.807, 2.05) is 0 Å². The van der Waals surface area contributed by atoms with E-state index in [2.05, 4.69) is 9.47 Å². The topological polar surface area (TPSA) is 52.6 Å². The third-order valence-electron chi connectivity index (χ3n) is 2.54. The van der Waals surface area contributed by atoms with E-state index in [9.17, 15) is 27.2 Å². The zero-order valence-electron chi connectivity index (χ0n) is 10.8. The number of hydrogen-bond donors (Lipinski definition) is 0. The van der Waals surface area contributed by atoms with Crippen LogP contribution in [0.1, 0.15) is 27.2 Å². The molecular formula is C11H16F4O4. The Balaban J connectivity index is 4.31. The molecule has 0 aliphatic rings. The summed E-state index contributed by atoms with van der Waals surface area (Å²) in [5.74, 6) is -2.18. The smallest absolute Gasteiger partial charge is 0.428 e. The van der Waals surface area contributed by atoms with Crippen LogP contribution in [0.5, 0.6) is 0 Å². The number of esters is 2. The van der Waals surface area contributed by atoms with Crippen molar-refractivity contribution in [3.63, 3.8) is 0 Å². The van der Waals surface area contributed by atoms with Gasteiger partial charge in [-0.25, -0.2) is 9.18 Å². The maximum Gasteiger partial charge on any atom is 0.428 e. The van der Waals surface area contributed by atoms with Gasteiger partial charge in [0.25, 0.3) is 0 Å². The molecule has 0 aliphatic carbocycles. The Bertz CT molecular complexity index is 325. The first-order valence-electron chi connectivity index (χ1n) is 5.54. The van der Waals surface area contributed by atoms with Crippen molar-refractivity contribution in [2.24, 2.45) is 5.41 Å². The maximum absolute atomic E-state index is 12.1. The van der Waals surface area contributed by atoms with Gasteiger partial charge in [0.15, 0.2) is 6.61 Å². The van der Waals surface area contributed by atoms with Crippen molar-refractivity contribution in [3.8, 4) is 0 Å². The molecule has 0 spiro atoms. The van der Waals surface area contributed by atoms with Crippen LogP contribution in [0.4, 0.5) is 17.6 Å². The fourth-order valence-electron chi connectivity index (χ4n) is 0.843. The zero-order chi connectivity index (χ0) is 15.3. The van der Waals surface area contributed by atoms with Gasteiger partial charge in [-0.15, -0.1) is 0 Å². The van der Waals surface area contributed by atoms with E-state index in [1.54, 1.807) is 20.8 Å². The number of carbonyl (C=O) groups excluding carboxylic acids is 2. The first-order chi connectivity index (χ1) is 8.54. The maximum atomic E-state index is 12.1. The van der Waals surface area contributed by atoms with Crippen molar-refractivity contribution in [2.45, 2.75) is 39.5 Å². The van der Waals surface area contributed by atoms with E-state index < -0.39 is 42.9 Å². The second kappa shape index (κ2) is 6.72. The summed E-state index contributed by atoms with van der Waals surface area (Å²) >= 11 is 0. The van der Waals surface area contributed by atoms with E-state index in [0.717, 1.165) is 0 Å². The molecule has 0 rings (SSSR count).